The van der Waals surface area contributed by atoms with Crippen LogP contribution < -0.4 is 4.74 Å². The summed E-state index contributed by atoms with van der Waals surface area (Å²) in [6.07, 6.45) is 8.08. The van der Waals surface area contributed by atoms with E-state index in [4.69, 9.17) is 14.2 Å². The third-order valence-corrected chi connectivity index (χ3v) is 5.01. The molecular weight excluding hydrogens is 438 g/mol. The summed E-state index contributed by atoms with van der Waals surface area (Å²) >= 11 is 0. The number of non-ortho nitro benzene ring substituents is 1. The number of hydrogen-bond acceptors (Lipinski definition) is 7. The van der Waals surface area contributed by atoms with Crippen LogP contribution in [0.4, 0.5) is 10.5 Å². The van der Waals surface area contributed by atoms with Crippen molar-refractivity contribution in [2.45, 2.75) is 64.6 Å². The van der Waals surface area contributed by atoms with Crippen LogP contribution in [0.25, 0.3) is 0 Å². The van der Waals surface area contributed by atoms with Crippen LogP contribution in [0.2, 0.25) is 0 Å². The Morgan fingerprint density at radius 1 is 0.971 bits per heavy atom. The molecule has 0 N–H and O–H groups in total. The summed E-state index contributed by atoms with van der Waals surface area (Å²) in [5, 5.41) is 10.7. The second-order valence-electron chi connectivity index (χ2n) is 7.77. The number of nitrogens with zero attached hydrogens (tertiary/aromatic N) is 1. The van der Waals surface area contributed by atoms with Crippen molar-refractivity contribution in [3.8, 4) is 5.75 Å². The van der Waals surface area contributed by atoms with Crippen LogP contribution in [0.3, 0.4) is 0 Å². The third-order valence-electron chi connectivity index (χ3n) is 5.01. The third kappa shape index (κ3) is 10.8. The first-order valence-electron chi connectivity index (χ1n) is 11.5. The van der Waals surface area contributed by atoms with Gasteiger partial charge in [-0.3, -0.25) is 10.1 Å². The highest BCUT2D eigenvalue weighted by Crippen LogP contribution is 2.19. The molecule has 34 heavy (non-hydrogen) atoms. The molecular formula is C26H31NO7. The maximum atomic E-state index is 12.2. The lowest BCUT2D eigenvalue weighted by molar-refractivity contribution is -0.384. The van der Waals surface area contributed by atoms with Gasteiger partial charge < -0.3 is 14.2 Å². The van der Waals surface area contributed by atoms with Gasteiger partial charge in [0.05, 0.1) is 4.92 Å². The summed E-state index contributed by atoms with van der Waals surface area (Å²) in [6, 6.07) is 14.4. The standard InChI is InChI=1S/C26H31NO7/c1-2-3-4-5-6-10-13-23(18-19-25(28)32-20-21-11-8-7-9-12-21)33-26(29)34-24-16-14-22(15-17-24)27(30)31/h7-9,11-12,14-19,23H,2-6,10,13,20H2,1H3/t23-/m1/s1. The van der Waals surface area contributed by atoms with Crippen molar-refractivity contribution in [1.82, 2.24) is 0 Å². The van der Waals surface area contributed by atoms with Gasteiger partial charge in [0, 0.05) is 18.2 Å². The van der Waals surface area contributed by atoms with Crippen LogP contribution >= 0.6 is 0 Å². The summed E-state index contributed by atoms with van der Waals surface area (Å²) in [5.74, 6) is -0.413. The first-order chi connectivity index (χ1) is 16.5. The van der Waals surface area contributed by atoms with Crippen molar-refractivity contribution >= 4 is 17.8 Å². The highest BCUT2D eigenvalue weighted by atomic mass is 16.7. The van der Waals surface area contributed by atoms with E-state index < -0.39 is 23.2 Å². The molecule has 8 nitrogen and oxygen atoms in total. The number of carbonyl (C=O) groups excluding carboxylic acids is 2. The Hall–Kier alpha value is -3.68. The minimum absolute atomic E-state index is 0.112. The lowest BCUT2D eigenvalue weighted by atomic mass is 10.1. The Bertz CT molecular complexity index is 926. The maximum Gasteiger partial charge on any atom is 0.514 e. The fourth-order valence-electron chi connectivity index (χ4n) is 3.16. The second kappa shape index (κ2) is 15.2. The predicted octanol–water partition coefficient (Wildman–Crippen LogP) is 6.53. The van der Waals surface area contributed by atoms with E-state index in [-0.39, 0.29) is 18.0 Å². The Morgan fingerprint density at radius 3 is 2.32 bits per heavy atom. The molecule has 0 aromatic heterocycles. The Kier molecular flexibility index (Phi) is 11.9. The molecule has 8 heteroatoms. The van der Waals surface area contributed by atoms with Gasteiger partial charge in [-0.2, -0.15) is 0 Å². The molecule has 0 fully saturated rings. The van der Waals surface area contributed by atoms with Crippen LogP contribution in [0.1, 0.15) is 57.4 Å². The molecule has 0 aliphatic rings. The van der Waals surface area contributed by atoms with Gasteiger partial charge in [0.25, 0.3) is 5.69 Å². The lowest BCUT2D eigenvalue weighted by Gasteiger charge is -2.14. The van der Waals surface area contributed by atoms with E-state index in [9.17, 15) is 19.7 Å². The van der Waals surface area contributed by atoms with Crippen molar-refractivity contribution in [3.05, 3.63) is 82.4 Å². The summed E-state index contributed by atoms with van der Waals surface area (Å²) in [4.78, 5) is 34.5. The van der Waals surface area contributed by atoms with Crippen LogP contribution in [-0.2, 0) is 20.9 Å². The van der Waals surface area contributed by atoms with E-state index in [1.54, 1.807) is 0 Å². The van der Waals surface area contributed by atoms with Gasteiger partial charge in [0.1, 0.15) is 18.5 Å². The fraction of sp³-hybridized carbons (Fsp3) is 0.385. The molecule has 2 rings (SSSR count). The number of nitro groups is 1. The van der Waals surface area contributed by atoms with Gasteiger partial charge >= 0.3 is 12.1 Å². The number of carbonyl (C=O) groups is 2. The fourth-order valence-corrected chi connectivity index (χ4v) is 3.16. The van der Waals surface area contributed by atoms with Crippen molar-refractivity contribution in [1.29, 1.82) is 0 Å². The van der Waals surface area contributed by atoms with Crippen LogP contribution in [-0.4, -0.2) is 23.2 Å². The Labute approximate surface area is 199 Å². The summed E-state index contributed by atoms with van der Waals surface area (Å²) < 4.78 is 15.7. The predicted molar refractivity (Wildman–Crippen MR) is 127 cm³/mol. The molecule has 0 heterocycles. The normalized spacial score (nSPS) is 11.7. The molecule has 0 spiro atoms. The molecule has 0 saturated heterocycles. The zero-order valence-electron chi connectivity index (χ0n) is 19.4. The van der Waals surface area contributed by atoms with Gasteiger partial charge in [-0.15, -0.1) is 0 Å². The van der Waals surface area contributed by atoms with Crippen molar-refractivity contribution in [2.24, 2.45) is 0 Å². The summed E-state index contributed by atoms with van der Waals surface area (Å²) in [5.41, 5.74) is 0.759. The molecule has 1 atom stereocenters. The van der Waals surface area contributed by atoms with Gasteiger partial charge in [0.15, 0.2) is 0 Å². The minimum atomic E-state index is -0.952. The van der Waals surface area contributed by atoms with Crippen molar-refractivity contribution in [2.75, 3.05) is 0 Å². The van der Waals surface area contributed by atoms with E-state index in [0.717, 1.165) is 37.7 Å². The van der Waals surface area contributed by atoms with Gasteiger partial charge in [-0.1, -0.05) is 69.4 Å². The Morgan fingerprint density at radius 2 is 1.65 bits per heavy atom. The smallest absolute Gasteiger partial charge is 0.458 e. The zero-order valence-corrected chi connectivity index (χ0v) is 19.4. The molecule has 0 aliphatic carbocycles. The van der Waals surface area contributed by atoms with Crippen molar-refractivity contribution < 1.29 is 28.7 Å². The molecule has 2 aromatic rings. The monoisotopic (exact) mass is 469 g/mol. The second-order valence-corrected chi connectivity index (χ2v) is 7.77. The number of nitro benzene ring substituents is 1. The average Bonchev–Trinajstić information content (AvgIpc) is 2.84. The SMILES string of the molecule is CCCCCCCC[C@H](C=CC(=O)OCc1ccccc1)OC(=O)Oc1ccc([N+](=O)[O-])cc1. The molecule has 0 radical (unpaired) electrons. The first kappa shape index (κ1) is 26.6. The van der Waals surface area contributed by atoms with E-state index in [2.05, 4.69) is 6.92 Å². The minimum Gasteiger partial charge on any atom is -0.458 e. The number of rotatable bonds is 14. The average molecular weight is 470 g/mol. The number of benzene rings is 2. The van der Waals surface area contributed by atoms with E-state index in [1.165, 1.54) is 42.8 Å². The van der Waals surface area contributed by atoms with Crippen LogP contribution in [0.5, 0.6) is 5.75 Å². The summed E-state index contributed by atoms with van der Waals surface area (Å²) in [7, 11) is 0. The molecule has 182 valence electrons. The molecule has 2 aromatic carbocycles. The molecule has 0 unspecified atom stereocenters. The maximum absolute atomic E-state index is 12.2. The van der Waals surface area contributed by atoms with Gasteiger partial charge in [-0.25, -0.2) is 9.59 Å². The largest absolute Gasteiger partial charge is 0.514 e. The number of esters is 1. The van der Waals surface area contributed by atoms with Crippen LogP contribution in [0.15, 0.2) is 66.7 Å². The molecule has 0 bridgehead atoms. The van der Waals surface area contributed by atoms with Crippen LogP contribution in [0, 0.1) is 10.1 Å². The highest BCUT2D eigenvalue weighted by Gasteiger charge is 2.15. The Balaban J connectivity index is 1.89. The highest BCUT2D eigenvalue weighted by molar-refractivity contribution is 5.82. The first-order valence-corrected chi connectivity index (χ1v) is 11.5. The molecule has 0 aliphatic heterocycles. The molecule has 0 saturated carbocycles. The number of ether oxygens (including phenoxy) is 3. The quantitative estimate of drug-likeness (QED) is 0.0773. The zero-order chi connectivity index (χ0) is 24.6. The molecule has 0 amide bonds. The number of hydrogen-bond donors (Lipinski definition) is 0. The van der Waals surface area contributed by atoms with Gasteiger partial charge in [0.2, 0.25) is 0 Å². The van der Waals surface area contributed by atoms with E-state index in [1.807, 2.05) is 30.3 Å². The lowest BCUT2D eigenvalue weighted by Crippen LogP contribution is -2.20. The van der Waals surface area contributed by atoms with Crippen molar-refractivity contribution in [3.63, 3.8) is 0 Å². The van der Waals surface area contributed by atoms with Gasteiger partial charge in [-0.05, 0) is 36.6 Å². The number of unbranched alkanes of at least 4 members (excludes halogenated alkanes) is 5. The van der Waals surface area contributed by atoms with E-state index in [0.29, 0.717) is 6.42 Å². The topological polar surface area (TPSA) is 105 Å². The summed E-state index contributed by atoms with van der Waals surface area (Å²) in [6.45, 7) is 2.30. The van der Waals surface area contributed by atoms with E-state index >= 15 is 0 Å².